The normalized spacial score (nSPS) is 13.5. The summed E-state index contributed by atoms with van der Waals surface area (Å²) in [4.78, 5) is 36.6. The number of nitrogens with zero attached hydrogens (tertiary/aromatic N) is 1. The van der Waals surface area contributed by atoms with Crippen molar-refractivity contribution in [2.45, 2.75) is 180 Å². The van der Waals surface area contributed by atoms with Crippen LogP contribution in [-0.2, 0) is 28.6 Å². The Balaban J connectivity index is 4.19. The molecule has 0 N–H and O–H groups in total. The van der Waals surface area contributed by atoms with Gasteiger partial charge in [0.15, 0.2) is 6.10 Å². The Labute approximate surface area is 325 Å². The summed E-state index contributed by atoms with van der Waals surface area (Å²) in [6.45, 7) is 4.51. The molecule has 0 fully saturated rings. The van der Waals surface area contributed by atoms with E-state index in [1.54, 1.807) is 21.1 Å². The summed E-state index contributed by atoms with van der Waals surface area (Å²) in [5, 5.41) is 11.6. The topological polar surface area (TPSA) is 102 Å². The van der Waals surface area contributed by atoms with Crippen molar-refractivity contribution in [3.63, 3.8) is 0 Å². The van der Waals surface area contributed by atoms with Crippen LogP contribution in [0.25, 0.3) is 0 Å². The molecule has 0 aliphatic rings. The van der Waals surface area contributed by atoms with Crippen molar-refractivity contribution in [3.8, 4) is 0 Å². The minimum atomic E-state index is -1.13. The van der Waals surface area contributed by atoms with E-state index in [-0.39, 0.29) is 49.1 Å². The van der Waals surface area contributed by atoms with Crippen LogP contribution in [0.3, 0.4) is 0 Å². The Kier molecular flexibility index (Phi) is 34.4. The monoisotopic (exact) mass is 746 g/mol. The van der Waals surface area contributed by atoms with Gasteiger partial charge in [0.25, 0.3) is 0 Å². The molecule has 8 heteroatoms. The molecule has 306 valence electrons. The number of carbonyl (C=O) groups excluding carboxylic acids is 3. The SMILES string of the molecule is CCCCC/C=C/C/C=C/C/C=C/CCCCCCCCCCCC(=O)OCC(COCCC(C(=O)[O-])[N+](C)(C)C)OC(=O)CC/C=C/CCCCC. The second-order valence-electron chi connectivity index (χ2n) is 15.2. The lowest BCUT2D eigenvalue weighted by Gasteiger charge is -2.34. The number of unbranched alkanes of at least 4 members (excludes halogenated alkanes) is 15. The predicted molar refractivity (Wildman–Crippen MR) is 217 cm³/mol. The summed E-state index contributed by atoms with van der Waals surface area (Å²) < 4.78 is 17.0. The molecule has 2 unspecified atom stereocenters. The number of carbonyl (C=O) groups is 3. The number of rotatable bonds is 37. The average molecular weight is 746 g/mol. The molecule has 2 atom stereocenters. The molecule has 8 nitrogen and oxygen atoms in total. The lowest BCUT2D eigenvalue weighted by Crippen LogP contribution is -2.55. The predicted octanol–water partition coefficient (Wildman–Crippen LogP) is 9.91. The van der Waals surface area contributed by atoms with Gasteiger partial charge in [-0.15, -0.1) is 0 Å². The molecular weight excluding hydrogens is 666 g/mol. The van der Waals surface area contributed by atoms with Crippen LogP contribution in [0.2, 0.25) is 0 Å². The van der Waals surface area contributed by atoms with Gasteiger partial charge in [0.05, 0.1) is 40.3 Å². The van der Waals surface area contributed by atoms with Crippen LogP contribution in [0.4, 0.5) is 0 Å². The van der Waals surface area contributed by atoms with Crippen LogP contribution in [0, 0.1) is 0 Å². The fraction of sp³-hybridized carbons (Fsp3) is 0.756. The van der Waals surface area contributed by atoms with E-state index in [1.165, 1.54) is 77.0 Å². The summed E-state index contributed by atoms with van der Waals surface area (Å²) in [6.07, 6.45) is 41.7. The van der Waals surface area contributed by atoms with Crippen LogP contribution in [-0.4, -0.2) is 75.5 Å². The fourth-order valence-electron chi connectivity index (χ4n) is 5.86. The number of quaternary nitrogens is 1. The van der Waals surface area contributed by atoms with Crippen molar-refractivity contribution in [1.29, 1.82) is 0 Å². The number of hydrogen-bond acceptors (Lipinski definition) is 7. The molecule has 0 saturated carbocycles. The van der Waals surface area contributed by atoms with Crippen molar-refractivity contribution in [1.82, 2.24) is 0 Å². The zero-order valence-electron chi connectivity index (χ0n) is 34.7. The van der Waals surface area contributed by atoms with Crippen LogP contribution >= 0.6 is 0 Å². The van der Waals surface area contributed by atoms with Crippen LogP contribution < -0.4 is 5.11 Å². The molecule has 0 aromatic carbocycles. The summed E-state index contributed by atoms with van der Waals surface area (Å²) in [6, 6.07) is -0.730. The number of aliphatic carboxylic acids is 1. The molecule has 0 bridgehead atoms. The van der Waals surface area contributed by atoms with Gasteiger partial charge in [-0.05, 0) is 64.2 Å². The van der Waals surface area contributed by atoms with Gasteiger partial charge in [0.1, 0.15) is 12.6 Å². The smallest absolute Gasteiger partial charge is 0.306 e. The van der Waals surface area contributed by atoms with Gasteiger partial charge in [-0.2, -0.15) is 0 Å². The number of allylic oxidation sites excluding steroid dienone is 8. The van der Waals surface area contributed by atoms with Gasteiger partial charge in [-0.25, -0.2) is 0 Å². The first-order valence-electron chi connectivity index (χ1n) is 21.2. The Morgan fingerprint density at radius 3 is 1.57 bits per heavy atom. The Morgan fingerprint density at radius 2 is 1.04 bits per heavy atom. The number of carboxylic acids is 1. The molecule has 0 spiro atoms. The number of likely N-dealkylation sites (N-methyl/N-ethyl adjacent to an activating group) is 1. The number of carboxylic acid groups (broad SMARTS) is 1. The van der Waals surface area contributed by atoms with Gasteiger partial charge in [-0.1, -0.05) is 133 Å². The second-order valence-corrected chi connectivity index (χ2v) is 15.2. The lowest BCUT2D eigenvalue weighted by atomic mass is 10.1. The van der Waals surface area contributed by atoms with E-state index in [2.05, 4.69) is 56.4 Å². The quantitative estimate of drug-likeness (QED) is 0.0270. The minimum absolute atomic E-state index is 0.0225. The highest BCUT2D eigenvalue weighted by Gasteiger charge is 2.25. The van der Waals surface area contributed by atoms with Gasteiger partial charge < -0.3 is 28.6 Å². The summed E-state index contributed by atoms with van der Waals surface area (Å²) in [5.74, 6) is -1.82. The molecule has 0 aliphatic heterocycles. The average Bonchev–Trinajstić information content (AvgIpc) is 3.11. The number of ether oxygens (including phenoxy) is 3. The molecule has 0 heterocycles. The molecule has 0 rings (SSSR count). The van der Waals surface area contributed by atoms with Crippen LogP contribution in [0.1, 0.15) is 168 Å². The Morgan fingerprint density at radius 1 is 0.566 bits per heavy atom. The molecular formula is C45H79NO7. The van der Waals surface area contributed by atoms with Gasteiger partial charge in [0.2, 0.25) is 0 Å². The third kappa shape index (κ3) is 34.8. The maximum Gasteiger partial charge on any atom is 0.306 e. The summed E-state index contributed by atoms with van der Waals surface area (Å²) in [5.41, 5.74) is 0. The summed E-state index contributed by atoms with van der Waals surface area (Å²) >= 11 is 0. The highest BCUT2D eigenvalue weighted by Crippen LogP contribution is 2.13. The minimum Gasteiger partial charge on any atom is -0.544 e. The van der Waals surface area contributed by atoms with E-state index < -0.39 is 18.1 Å². The molecule has 0 aromatic heterocycles. The van der Waals surface area contributed by atoms with Gasteiger partial charge >= 0.3 is 11.9 Å². The van der Waals surface area contributed by atoms with E-state index in [0.717, 1.165) is 51.4 Å². The first kappa shape index (κ1) is 50.3. The van der Waals surface area contributed by atoms with Crippen LogP contribution in [0.5, 0.6) is 0 Å². The number of esters is 2. The zero-order valence-corrected chi connectivity index (χ0v) is 34.7. The summed E-state index contributed by atoms with van der Waals surface area (Å²) in [7, 11) is 5.38. The first-order chi connectivity index (χ1) is 25.6. The maximum absolute atomic E-state index is 12.5. The molecule has 0 radical (unpaired) electrons. The van der Waals surface area contributed by atoms with Crippen molar-refractivity contribution < 1.29 is 38.2 Å². The highest BCUT2D eigenvalue weighted by atomic mass is 16.6. The van der Waals surface area contributed by atoms with E-state index in [0.29, 0.717) is 12.8 Å². The molecule has 0 aliphatic carbocycles. The third-order valence-electron chi connectivity index (χ3n) is 9.20. The number of hydrogen-bond donors (Lipinski definition) is 0. The van der Waals surface area contributed by atoms with E-state index >= 15 is 0 Å². The van der Waals surface area contributed by atoms with E-state index in [9.17, 15) is 19.5 Å². The molecule has 0 aromatic rings. The highest BCUT2D eigenvalue weighted by molar-refractivity contribution is 5.70. The van der Waals surface area contributed by atoms with Gasteiger partial charge in [-0.3, -0.25) is 9.59 Å². The Bertz CT molecular complexity index is 1010. The Hall–Kier alpha value is -2.71. The molecule has 0 saturated heterocycles. The van der Waals surface area contributed by atoms with Crippen molar-refractivity contribution in [2.24, 2.45) is 0 Å². The standard InChI is InChI=1S/C45H79NO7/c1-6-8-10-12-14-15-16-17-18-19-20-21-22-23-24-25-26-27-28-30-31-33-35-43(47)52-40-41(39-51-38-37-42(45(49)50)46(3,4)5)53-44(48)36-34-32-29-13-11-9-7-2/h14-15,17-18,20-21,29,32,41-42H,6-13,16,19,22-28,30-31,33-40H2,1-5H3/b15-14+,18-17+,21-20+,32-29+. The van der Waals surface area contributed by atoms with Crippen molar-refractivity contribution in [3.05, 3.63) is 48.6 Å². The maximum atomic E-state index is 12.5. The second kappa shape index (κ2) is 36.3. The molecule has 0 amide bonds. The van der Waals surface area contributed by atoms with E-state index in [1.807, 2.05) is 6.08 Å². The zero-order chi connectivity index (χ0) is 39.3. The van der Waals surface area contributed by atoms with Crippen LogP contribution in [0.15, 0.2) is 48.6 Å². The first-order valence-corrected chi connectivity index (χ1v) is 21.2. The van der Waals surface area contributed by atoms with Crippen molar-refractivity contribution >= 4 is 17.9 Å². The lowest BCUT2D eigenvalue weighted by molar-refractivity contribution is -0.889. The molecule has 53 heavy (non-hydrogen) atoms. The fourth-order valence-corrected chi connectivity index (χ4v) is 5.86. The van der Waals surface area contributed by atoms with E-state index in [4.69, 9.17) is 14.2 Å². The van der Waals surface area contributed by atoms with Crippen molar-refractivity contribution in [2.75, 3.05) is 41.0 Å². The van der Waals surface area contributed by atoms with Gasteiger partial charge in [0, 0.05) is 19.3 Å². The largest absolute Gasteiger partial charge is 0.544 e. The third-order valence-corrected chi connectivity index (χ3v) is 9.20.